The Bertz CT molecular complexity index is 1760. The second-order valence-electron chi connectivity index (χ2n) is 9.00. The monoisotopic (exact) mass is 655 g/mol. The van der Waals surface area contributed by atoms with Gasteiger partial charge in [0.25, 0.3) is 0 Å². The molecule has 0 unspecified atom stereocenters. The number of aliphatic imine (C=N–C) groups is 1. The molecule has 3 aromatic carbocycles. The summed E-state index contributed by atoms with van der Waals surface area (Å²) < 4.78 is 16.5. The van der Waals surface area contributed by atoms with Crippen molar-refractivity contribution < 1.29 is 23.8 Å². The molecule has 5 rings (SSSR count). The smallest absolute Gasteiger partial charge is 0.349 e. The van der Waals surface area contributed by atoms with E-state index in [-0.39, 0.29) is 10.4 Å². The number of halogens is 1. The van der Waals surface area contributed by atoms with Crippen molar-refractivity contribution in [2.24, 2.45) is 4.99 Å². The van der Waals surface area contributed by atoms with Gasteiger partial charge in [-0.15, -0.1) is 11.3 Å². The number of esters is 2. The molecule has 2 aromatic heterocycles. The Morgan fingerprint density at radius 2 is 1.49 bits per heavy atom. The van der Waals surface area contributed by atoms with Crippen molar-refractivity contribution in [1.82, 2.24) is 4.98 Å². The number of nitrogens with zero attached hydrogens (tertiary/aromatic N) is 3. The molecule has 0 aliphatic rings. The van der Waals surface area contributed by atoms with Crippen LogP contribution in [0.15, 0.2) is 113 Å². The zero-order chi connectivity index (χ0) is 30.3. The molecule has 5 aromatic rings. The van der Waals surface area contributed by atoms with Gasteiger partial charge in [-0.05, 0) is 60.7 Å². The third kappa shape index (κ3) is 6.35. The highest BCUT2D eigenvalue weighted by Crippen LogP contribution is 2.47. The number of hydrogen-bond donors (Lipinski definition) is 0. The summed E-state index contributed by atoms with van der Waals surface area (Å²) in [5.41, 5.74) is 3.14. The van der Waals surface area contributed by atoms with Gasteiger partial charge >= 0.3 is 11.9 Å². The molecule has 8 nitrogen and oxygen atoms in total. The van der Waals surface area contributed by atoms with Crippen molar-refractivity contribution in [3.63, 3.8) is 0 Å². The average Bonchev–Trinajstić information content (AvgIpc) is 3.46. The van der Waals surface area contributed by atoms with E-state index in [1.54, 1.807) is 25.4 Å². The zero-order valence-corrected chi connectivity index (χ0v) is 25.9. The number of hydrogen-bond acceptors (Lipinski definition) is 8. The molecular weight excluding hydrogens is 630 g/mol. The summed E-state index contributed by atoms with van der Waals surface area (Å²) >= 11 is 4.64. The van der Waals surface area contributed by atoms with Gasteiger partial charge in [0.05, 0.1) is 43.8 Å². The van der Waals surface area contributed by atoms with Gasteiger partial charge in [-0.2, -0.15) is 0 Å². The molecule has 0 fully saturated rings. The first-order valence-electron chi connectivity index (χ1n) is 13.0. The van der Waals surface area contributed by atoms with Gasteiger partial charge < -0.3 is 14.2 Å². The van der Waals surface area contributed by atoms with E-state index < -0.39 is 11.9 Å². The van der Waals surface area contributed by atoms with E-state index >= 15 is 0 Å². The van der Waals surface area contributed by atoms with Crippen molar-refractivity contribution in [2.45, 2.75) is 0 Å². The van der Waals surface area contributed by atoms with Crippen LogP contribution in [0, 0.1) is 0 Å². The summed E-state index contributed by atoms with van der Waals surface area (Å²) in [6, 6.07) is 30.1. The summed E-state index contributed by atoms with van der Waals surface area (Å²) in [6.45, 7) is 0. The molecule has 0 radical (unpaired) electrons. The maximum Gasteiger partial charge on any atom is 0.349 e. The third-order valence-corrected chi connectivity index (χ3v) is 8.09. The highest BCUT2D eigenvalue weighted by atomic mass is 79.9. The Morgan fingerprint density at radius 1 is 0.814 bits per heavy atom. The molecule has 216 valence electrons. The van der Waals surface area contributed by atoms with E-state index in [0.717, 1.165) is 27.1 Å². The number of pyridine rings is 1. The van der Waals surface area contributed by atoms with Gasteiger partial charge in [0, 0.05) is 21.9 Å². The highest BCUT2D eigenvalue weighted by Gasteiger charge is 2.34. The van der Waals surface area contributed by atoms with E-state index in [2.05, 4.69) is 20.9 Å². The minimum absolute atomic E-state index is 0.0621. The lowest BCUT2D eigenvalue weighted by atomic mass is 10.0. The van der Waals surface area contributed by atoms with E-state index in [0.29, 0.717) is 33.5 Å². The maximum absolute atomic E-state index is 13.3. The Morgan fingerprint density at radius 3 is 2.09 bits per heavy atom. The first-order chi connectivity index (χ1) is 20.9. The standard InChI is InChI=1S/C33H26BrN3O5S/c1-40-25-18-14-23(15-19-25)36-30(21-9-5-4-6-10-21)37(24-16-12-22(34)13-17-24)31-27(26-11-7-8-20-35-26)28(32(38)41-2)29(43-31)33(39)42-3/h4-20H,1-3H3. The van der Waals surface area contributed by atoms with Crippen LogP contribution in [0.4, 0.5) is 16.4 Å². The fraction of sp³-hybridized carbons (Fsp3) is 0.0909. The molecule has 43 heavy (non-hydrogen) atoms. The molecular formula is C33H26BrN3O5S. The number of rotatable bonds is 8. The molecule has 0 atom stereocenters. The van der Waals surface area contributed by atoms with Crippen LogP contribution in [0.5, 0.6) is 5.75 Å². The van der Waals surface area contributed by atoms with E-state index in [9.17, 15) is 9.59 Å². The van der Waals surface area contributed by atoms with Crippen LogP contribution in [0.25, 0.3) is 11.3 Å². The number of carbonyl (C=O) groups excluding carboxylic acids is 2. The Kier molecular flexibility index (Phi) is 9.29. The predicted octanol–water partition coefficient (Wildman–Crippen LogP) is 8.07. The highest BCUT2D eigenvalue weighted by molar-refractivity contribution is 9.10. The molecule has 10 heteroatoms. The summed E-state index contributed by atoms with van der Waals surface area (Å²) in [5.74, 6) is -0.115. The van der Waals surface area contributed by atoms with Crippen LogP contribution in [0.3, 0.4) is 0 Å². The van der Waals surface area contributed by atoms with E-state index in [1.165, 1.54) is 14.2 Å². The van der Waals surface area contributed by atoms with Gasteiger partial charge in [0.2, 0.25) is 0 Å². The normalized spacial score (nSPS) is 11.1. The third-order valence-electron chi connectivity index (χ3n) is 6.41. The van der Waals surface area contributed by atoms with Gasteiger partial charge in [-0.1, -0.05) is 52.3 Å². The molecule has 0 aliphatic heterocycles. The van der Waals surface area contributed by atoms with Crippen LogP contribution in [0.2, 0.25) is 0 Å². The molecule has 0 aliphatic carbocycles. The quantitative estimate of drug-likeness (QED) is 0.0948. The lowest BCUT2D eigenvalue weighted by molar-refractivity contribution is 0.0561. The number of benzene rings is 3. The number of carbonyl (C=O) groups is 2. The van der Waals surface area contributed by atoms with E-state index in [4.69, 9.17) is 19.2 Å². The minimum Gasteiger partial charge on any atom is -0.497 e. The average molecular weight is 657 g/mol. The van der Waals surface area contributed by atoms with Gasteiger partial charge in [0.15, 0.2) is 0 Å². The summed E-state index contributed by atoms with van der Waals surface area (Å²) in [6.07, 6.45) is 1.63. The molecule has 0 saturated heterocycles. The topological polar surface area (TPSA) is 90.3 Å². The lowest BCUT2D eigenvalue weighted by Gasteiger charge is -2.27. The zero-order valence-electron chi connectivity index (χ0n) is 23.5. The van der Waals surface area contributed by atoms with Crippen LogP contribution >= 0.6 is 27.3 Å². The maximum atomic E-state index is 13.3. The Labute approximate surface area is 261 Å². The van der Waals surface area contributed by atoms with Gasteiger partial charge in [-0.25, -0.2) is 14.6 Å². The summed E-state index contributed by atoms with van der Waals surface area (Å²) in [5, 5.41) is 0.526. The molecule has 0 N–H and O–H groups in total. The molecule has 0 amide bonds. The van der Waals surface area contributed by atoms with E-state index in [1.807, 2.05) is 89.8 Å². The second-order valence-corrected chi connectivity index (χ2v) is 10.9. The number of amidine groups is 1. The van der Waals surface area contributed by atoms with Crippen molar-refractivity contribution in [3.05, 3.63) is 124 Å². The van der Waals surface area contributed by atoms with Gasteiger partial charge in [-0.3, -0.25) is 9.88 Å². The van der Waals surface area contributed by atoms with Gasteiger partial charge in [0.1, 0.15) is 21.5 Å². The number of methoxy groups -OCH3 is 3. The van der Waals surface area contributed by atoms with Crippen molar-refractivity contribution in [1.29, 1.82) is 0 Å². The van der Waals surface area contributed by atoms with Crippen molar-refractivity contribution >= 4 is 61.4 Å². The number of thiophene rings is 1. The number of aromatic nitrogens is 1. The first kappa shape index (κ1) is 29.7. The Balaban J connectivity index is 1.89. The van der Waals surface area contributed by atoms with Crippen LogP contribution < -0.4 is 9.64 Å². The second kappa shape index (κ2) is 13.5. The van der Waals surface area contributed by atoms with Crippen LogP contribution in [-0.2, 0) is 9.47 Å². The molecule has 0 saturated carbocycles. The summed E-state index contributed by atoms with van der Waals surface area (Å²) in [4.78, 5) is 38.2. The first-order valence-corrected chi connectivity index (χ1v) is 14.6. The summed E-state index contributed by atoms with van der Waals surface area (Å²) in [7, 11) is 4.16. The largest absolute Gasteiger partial charge is 0.497 e. The van der Waals surface area contributed by atoms with Crippen molar-refractivity contribution in [2.75, 3.05) is 26.2 Å². The molecule has 0 bridgehead atoms. The number of anilines is 2. The van der Waals surface area contributed by atoms with Crippen LogP contribution in [0.1, 0.15) is 25.6 Å². The fourth-order valence-electron chi connectivity index (χ4n) is 4.39. The SMILES string of the molecule is COC(=O)c1sc(N(C(=Nc2ccc(OC)cc2)c2ccccc2)c2ccc(Br)cc2)c(-c2ccccn2)c1C(=O)OC. The minimum atomic E-state index is -0.687. The molecule has 0 spiro atoms. The Hall–Kier alpha value is -4.80. The van der Waals surface area contributed by atoms with Crippen LogP contribution in [-0.4, -0.2) is 44.1 Å². The van der Waals surface area contributed by atoms with Crippen molar-refractivity contribution in [3.8, 4) is 17.0 Å². The predicted molar refractivity (Wildman–Crippen MR) is 172 cm³/mol. The lowest BCUT2D eigenvalue weighted by Crippen LogP contribution is -2.27. The molecule has 2 heterocycles. The number of ether oxygens (including phenoxy) is 3. The fourth-order valence-corrected chi connectivity index (χ4v) is 5.90.